The van der Waals surface area contributed by atoms with Crippen molar-refractivity contribution in [1.29, 1.82) is 0 Å². The zero-order chi connectivity index (χ0) is 15.6. The highest BCUT2D eigenvalue weighted by Crippen LogP contribution is 2.27. The standard InChI is InChI=1S/C13H11BrO6S/c1-19-10-3-2-8(6-9(10)14)7-21(17,18)12-5-4-11(20-12)13(15)16/h2-6H,7H2,1H3,(H,15,16). The van der Waals surface area contributed by atoms with Crippen molar-refractivity contribution in [2.45, 2.75) is 10.8 Å². The normalized spacial score (nSPS) is 11.3. The fraction of sp³-hybridized carbons (Fsp3) is 0.154. The van der Waals surface area contributed by atoms with Gasteiger partial charge in [0.1, 0.15) is 5.75 Å². The molecule has 1 aromatic carbocycles. The van der Waals surface area contributed by atoms with Crippen LogP contribution in [0.2, 0.25) is 0 Å². The van der Waals surface area contributed by atoms with E-state index in [9.17, 15) is 13.2 Å². The van der Waals surface area contributed by atoms with Crippen LogP contribution in [0.15, 0.2) is 44.3 Å². The number of furan rings is 1. The molecule has 0 aliphatic heterocycles. The van der Waals surface area contributed by atoms with E-state index in [1.54, 1.807) is 18.2 Å². The Hall–Kier alpha value is -1.80. The van der Waals surface area contributed by atoms with Crippen LogP contribution in [0.1, 0.15) is 16.1 Å². The minimum Gasteiger partial charge on any atom is -0.496 e. The maximum absolute atomic E-state index is 12.2. The monoisotopic (exact) mass is 374 g/mol. The molecule has 0 saturated carbocycles. The summed E-state index contributed by atoms with van der Waals surface area (Å²) in [4.78, 5) is 10.7. The van der Waals surface area contributed by atoms with E-state index in [1.807, 2.05) is 0 Å². The maximum Gasteiger partial charge on any atom is 0.371 e. The van der Waals surface area contributed by atoms with Crippen LogP contribution in [-0.2, 0) is 15.6 Å². The predicted octanol–water partition coefficient (Wildman–Crippen LogP) is 2.72. The van der Waals surface area contributed by atoms with Gasteiger partial charge >= 0.3 is 5.97 Å². The van der Waals surface area contributed by atoms with E-state index >= 15 is 0 Å². The van der Waals surface area contributed by atoms with Crippen LogP contribution in [0.4, 0.5) is 0 Å². The third-order valence-corrected chi connectivity index (χ3v) is 4.84. The van der Waals surface area contributed by atoms with Crippen LogP contribution in [0.25, 0.3) is 0 Å². The first-order chi connectivity index (χ1) is 9.83. The number of sulfone groups is 1. The predicted molar refractivity (Wildman–Crippen MR) is 77.3 cm³/mol. The number of hydrogen-bond donors (Lipinski definition) is 1. The number of carboxylic acid groups (broad SMARTS) is 1. The maximum atomic E-state index is 12.2. The fourth-order valence-corrected chi connectivity index (χ4v) is 3.53. The van der Waals surface area contributed by atoms with Crippen molar-refractivity contribution in [2.24, 2.45) is 0 Å². The van der Waals surface area contributed by atoms with Crippen LogP contribution in [0.5, 0.6) is 5.75 Å². The van der Waals surface area contributed by atoms with Gasteiger partial charge in [-0.25, -0.2) is 13.2 Å². The van der Waals surface area contributed by atoms with Gasteiger partial charge in [-0.05, 0) is 45.8 Å². The first-order valence-corrected chi connectivity index (χ1v) is 8.16. The van der Waals surface area contributed by atoms with Crippen molar-refractivity contribution in [1.82, 2.24) is 0 Å². The Kier molecular flexibility index (Phi) is 4.38. The first kappa shape index (κ1) is 15.6. The van der Waals surface area contributed by atoms with Gasteiger partial charge in [-0.3, -0.25) is 0 Å². The topological polar surface area (TPSA) is 93.8 Å². The number of methoxy groups -OCH3 is 1. The zero-order valence-corrected chi connectivity index (χ0v) is 13.3. The van der Waals surface area contributed by atoms with Gasteiger partial charge in [0.25, 0.3) is 0 Å². The molecule has 0 radical (unpaired) electrons. The van der Waals surface area contributed by atoms with Crippen molar-refractivity contribution < 1.29 is 27.5 Å². The number of rotatable bonds is 5. The highest BCUT2D eigenvalue weighted by atomic mass is 79.9. The Morgan fingerprint density at radius 2 is 2.05 bits per heavy atom. The van der Waals surface area contributed by atoms with Crippen LogP contribution >= 0.6 is 15.9 Å². The lowest BCUT2D eigenvalue weighted by molar-refractivity contribution is 0.0656. The number of hydrogen-bond acceptors (Lipinski definition) is 5. The lowest BCUT2D eigenvalue weighted by atomic mass is 10.2. The smallest absolute Gasteiger partial charge is 0.371 e. The van der Waals surface area contributed by atoms with Crippen LogP contribution in [-0.4, -0.2) is 26.6 Å². The minimum atomic E-state index is -3.75. The molecule has 0 aliphatic rings. The summed E-state index contributed by atoms with van der Waals surface area (Å²) in [6.07, 6.45) is 0. The van der Waals surface area contributed by atoms with Gasteiger partial charge in [-0.15, -0.1) is 0 Å². The van der Waals surface area contributed by atoms with Crippen LogP contribution in [0.3, 0.4) is 0 Å². The van der Waals surface area contributed by atoms with E-state index in [0.717, 1.165) is 12.1 Å². The van der Waals surface area contributed by atoms with Crippen LogP contribution < -0.4 is 4.74 Å². The molecule has 1 N–H and O–H groups in total. The molecule has 21 heavy (non-hydrogen) atoms. The lowest BCUT2D eigenvalue weighted by Crippen LogP contribution is -2.04. The fourth-order valence-electron chi connectivity index (χ4n) is 1.69. The Bertz CT molecular complexity index is 778. The quantitative estimate of drug-likeness (QED) is 0.864. The SMILES string of the molecule is COc1ccc(CS(=O)(=O)c2ccc(C(=O)O)o2)cc1Br. The summed E-state index contributed by atoms with van der Waals surface area (Å²) in [5, 5.41) is 8.37. The Morgan fingerprint density at radius 1 is 1.33 bits per heavy atom. The summed E-state index contributed by atoms with van der Waals surface area (Å²) >= 11 is 3.27. The van der Waals surface area contributed by atoms with Gasteiger partial charge in [0.2, 0.25) is 20.7 Å². The van der Waals surface area contributed by atoms with E-state index in [1.165, 1.54) is 7.11 Å². The molecular formula is C13H11BrO6S. The van der Waals surface area contributed by atoms with Crippen molar-refractivity contribution in [2.75, 3.05) is 7.11 Å². The van der Waals surface area contributed by atoms with Gasteiger partial charge in [0, 0.05) is 0 Å². The van der Waals surface area contributed by atoms with E-state index in [2.05, 4.69) is 15.9 Å². The zero-order valence-electron chi connectivity index (χ0n) is 10.9. The molecule has 2 aromatic rings. The molecule has 2 rings (SSSR count). The molecule has 112 valence electrons. The van der Waals surface area contributed by atoms with Crippen molar-refractivity contribution >= 4 is 31.7 Å². The second-order valence-electron chi connectivity index (χ2n) is 4.15. The van der Waals surface area contributed by atoms with Crippen molar-refractivity contribution in [3.05, 3.63) is 46.1 Å². The van der Waals surface area contributed by atoms with Crippen molar-refractivity contribution in [3.8, 4) is 5.75 Å². The van der Waals surface area contributed by atoms with Gasteiger partial charge in [0.05, 0.1) is 17.3 Å². The number of halogens is 1. The number of benzene rings is 1. The molecular weight excluding hydrogens is 364 g/mol. The second kappa shape index (κ2) is 5.90. The third kappa shape index (κ3) is 3.45. The first-order valence-electron chi connectivity index (χ1n) is 5.72. The molecule has 0 amide bonds. The Morgan fingerprint density at radius 3 is 2.57 bits per heavy atom. The molecule has 0 fully saturated rings. The second-order valence-corrected chi connectivity index (χ2v) is 6.93. The van der Waals surface area contributed by atoms with E-state index in [0.29, 0.717) is 15.8 Å². The van der Waals surface area contributed by atoms with E-state index < -0.39 is 21.6 Å². The summed E-state index contributed by atoms with van der Waals surface area (Å²) < 4.78 is 34.9. The summed E-state index contributed by atoms with van der Waals surface area (Å²) in [6, 6.07) is 7.12. The molecule has 6 nitrogen and oxygen atoms in total. The van der Waals surface area contributed by atoms with E-state index in [-0.39, 0.29) is 10.8 Å². The largest absolute Gasteiger partial charge is 0.496 e. The molecule has 0 saturated heterocycles. The van der Waals surface area contributed by atoms with Gasteiger partial charge in [0.15, 0.2) is 0 Å². The third-order valence-electron chi connectivity index (χ3n) is 2.67. The molecule has 1 heterocycles. The average molecular weight is 375 g/mol. The summed E-state index contributed by atoms with van der Waals surface area (Å²) in [5.41, 5.74) is 0.524. The molecule has 0 aliphatic carbocycles. The van der Waals surface area contributed by atoms with Crippen LogP contribution in [0, 0.1) is 0 Å². The Balaban J connectivity index is 2.28. The summed E-state index contributed by atoms with van der Waals surface area (Å²) in [7, 11) is -2.25. The summed E-state index contributed by atoms with van der Waals surface area (Å²) in [5.74, 6) is -1.45. The number of carboxylic acids is 1. The Labute approximate surface area is 129 Å². The number of aromatic carboxylic acids is 1. The number of carbonyl (C=O) groups is 1. The van der Waals surface area contributed by atoms with Gasteiger partial charge < -0.3 is 14.3 Å². The van der Waals surface area contributed by atoms with Gasteiger partial charge in [-0.2, -0.15) is 0 Å². The average Bonchev–Trinajstić information content (AvgIpc) is 2.89. The summed E-state index contributed by atoms with van der Waals surface area (Å²) in [6.45, 7) is 0. The highest BCUT2D eigenvalue weighted by Gasteiger charge is 2.22. The van der Waals surface area contributed by atoms with Gasteiger partial charge in [-0.1, -0.05) is 6.07 Å². The lowest BCUT2D eigenvalue weighted by Gasteiger charge is -2.06. The molecule has 0 unspecified atom stereocenters. The minimum absolute atomic E-state index is 0.303. The molecule has 0 spiro atoms. The molecule has 8 heteroatoms. The van der Waals surface area contributed by atoms with Crippen molar-refractivity contribution in [3.63, 3.8) is 0 Å². The van der Waals surface area contributed by atoms with E-state index in [4.69, 9.17) is 14.3 Å². The molecule has 0 atom stereocenters. The molecule has 0 bridgehead atoms. The molecule has 1 aromatic heterocycles. The number of ether oxygens (including phenoxy) is 1. The highest BCUT2D eigenvalue weighted by molar-refractivity contribution is 9.10.